The van der Waals surface area contributed by atoms with E-state index in [1.807, 2.05) is 0 Å². The van der Waals surface area contributed by atoms with E-state index in [1.165, 1.54) is 14.0 Å². The molecule has 1 amide bonds. The van der Waals surface area contributed by atoms with Crippen molar-refractivity contribution in [3.63, 3.8) is 0 Å². The van der Waals surface area contributed by atoms with Crippen molar-refractivity contribution in [2.45, 2.75) is 13.3 Å². The Morgan fingerprint density at radius 3 is 2.50 bits per heavy atom. The van der Waals surface area contributed by atoms with Gasteiger partial charge in [-0.15, -0.1) is 11.3 Å². The molecule has 0 bridgehead atoms. The number of hydrogen-bond acceptors (Lipinski definition) is 5. The van der Waals surface area contributed by atoms with Gasteiger partial charge in [0.05, 0.1) is 22.7 Å². The number of hydrogen-bond donors (Lipinski definition) is 3. The fraction of sp³-hybridized carbons (Fsp3) is 0.400. The zero-order valence-electron chi connectivity index (χ0n) is 9.84. The first-order valence-corrected chi connectivity index (χ1v) is 5.87. The highest BCUT2D eigenvalue weighted by Crippen LogP contribution is 2.36. The summed E-state index contributed by atoms with van der Waals surface area (Å²) in [6.07, 6.45) is -2.56. The molecule has 1 rings (SSSR count). The van der Waals surface area contributed by atoms with Crippen molar-refractivity contribution < 1.29 is 18.4 Å². The molecule has 0 aliphatic heterocycles. The van der Waals surface area contributed by atoms with Crippen molar-refractivity contribution in [2.75, 3.05) is 24.6 Å². The summed E-state index contributed by atoms with van der Waals surface area (Å²) in [5.41, 5.74) is 5.74. The molecule has 100 valence electrons. The Morgan fingerprint density at radius 1 is 1.44 bits per heavy atom. The summed E-state index contributed by atoms with van der Waals surface area (Å²) < 4.78 is 24.3. The third-order valence-corrected chi connectivity index (χ3v) is 3.40. The molecule has 0 aliphatic carbocycles. The van der Waals surface area contributed by atoms with Gasteiger partial charge in [-0.05, 0) is 0 Å². The summed E-state index contributed by atoms with van der Waals surface area (Å²) >= 11 is 0.900. The number of rotatable bonds is 5. The van der Waals surface area contributed by atoms with Crippen LogP contribution in [0.1, 0.15) is 27.0 Å². The van der Waals surface area contributed by atoms with Crippen LogP contribution in [0, 0.1) is 0 Å². The molecule has 1 aromatic heterocycles. The first-order valence-electron chi connectivity index (χ1n) is 5.05. The van der Waals surface area contributed by atoms with Crippen molar-refractivity contribution in [2.24, 2.45) is 0 Å². The summed E-state index contributed by atoms with van der Waals surface area (Å²) in [4.78, 5) is 23.1. The molecule has 0 atom stereocenters. The zero-order valence-corrected chi connectivity index (χ0v) is 10.7. The molecule has 1 aromatic rings. The highest BCUT2D eigenvalue weighted by Gasteiger charge is 2.23. The van der Waals surface area contributed by atoms with Crippen LogP contribution in [-0.4, -0.2) is 31.7 Å². The van der Waals surface area contributed by atoms with E-state index in [1.54, 1.807) is 0 Å². The number of ketones is 1. The van der Waals surface area contributed by atoms with Gasteiger partial charge in [-0.3, -0.25) is 9.59 Å². The predicted molar refractivity (Wildman–Crippen MR) is 66.6 cm³/mol. The van der Waals surface area contributed by atoms with E-state index in [9.17, 15) is 18.4 Å². The van der Waals surface area contributed by atoms with Gasteiger partial charge in [0.1, 0.15) is 5.00 Å². The SMILES string of the molecule is CNC(=O)c1c(NCC(F)F)sc(C(C)=O)c1N. The highest BCUT2D eigenvalue weighted by molar-refractivity contribution is 7.19. The average molecular weight is 277 g/mol. The van der Waals surface area contributed by atoms with E-state index < -0.39 is 18.9 Å². The van der Waals surface area contributed by atoms with Gasteiger partial charge < -0.3 is 16.4 Å². The predicted octanol–water partition coefficient (Wildman–Crippen LogP) is 1.57. The number of thiophene rings is 1. The largest absolute Gasteiger partial charge is 0.397 e. The number of nitrogens with two attached hydrogens (primary N) is 1. The lowest BCUT2D eigenvalue weighted by Crippen LogP contribution is -2.21. The van der Waals surface area contributed by atoms with Crippen LogP contribution in [0.2, 0.25) is 0 Å². The zero-order chi connectivity index (χ0) is 13.9. The maximum atomic E-state index is 12.1. The molecule has 18 heavy (non-hydrogen) atoms. The number of Topliss-reactive ketones (excluding diaryl/α,β-unsaturated/α-hetero) is 1. The van der Waals surface area contributed by atoms with Gasteiger partial charge in [-0.1, -0.05) is 0 Å². The van der Waals surface area contributed by atoms with Gasteiger partial charge in [0.15, 0.2) is 5.78 Å². The van der Waals surface area contributed by atoms with Crippen molar-refractivity contribution >= 4 is 33.7 Å². The minimum Gasteiger partial charge on any atom is -0.397 e. The molecular weight excluding hydrogens is 264 g/mol. The molecule has 0 unspecified atom stereocenters. The van der Waals surface area contributed by atoms with Gasteiger partial charge in [0, 0.05) is 14.0 Å². The van der Waals surface area contributed by atoms with Crippen LogP contribution in [0.15, 0.2) is 0 Å². The van der Waals surface area contributed by atoms with Crippen molar-refractivity contribution in [3.05, 3.63) is 10.4 Å². The van der Waals surface area contributed by atoms with Crippen molar-refractivity contribution in [1.82, 2.24) is 5.32 Å². The smallest absolute Gasteiger partial charge is 0.256 e. The van der Waals surface area contributed by atoms with Gasteiger partial charge in [0.25, 0.3) is 12.3 Å². The summed E-state index contributed by atoms with van der Waals surface area (Å²) in [6.45, 7) is 0.689. The third kappa shape index (κ3) is 2.95. The van der Waals surface area contributed by atoms with E-state index in [-0.39, 0.29) is 26.9 Å². The Kier molecular flexibility index (Phi) is 4.60. The second-order valence-electron chi connectivity index (χ2n) is 3.46. The van der Waals surface area contributed by atoms with Crippen LogP contribution < -0.4 is 16.4 Å². The maximum Gasteiger partial charge on any atom is 0.256 e. The van der Waals surface area contributed by atoms with Crippen LogP contribution in [0.5, 0.6) is 0 Å². The van der Waals surface area contributed by atoms with Crippen molar-refractivity contribution in [1.29, 1.82) is 0 Å². The first-order chi connectivity index (χ1) is 8.38. The van der Waals surface area contributed by atoms with Crippen molar-refractivity contribution in [3.8, 4) is 0 Å². The van der Waals surface area contributed by atoms with Crippen LogP contribution in [0.3, 0.4) is 0 Å². The number of alkyl halides is 2. The maximum absolute atomic E-state index is 12.1. The summed E-state index contributed by atoms with van der Waals surface area (Å²) in [5, 5.41) is 4.95. The van der Waals surface area contributed by atoms with E-state index in [0.29, 0.717) is 0 Å². The fourth-order valence-corrected chi connectivity index (χ4v) is 2.37. The molecule has 1 heterocycles. The molecule has 0 saturated heterocycles. The Balaban J connectivity index is 3.17. The second kappa shape index (κ2) is 5.76. The Labute approximate surface area is 106 Å². The summed E-state index contributed by atoms with van der Waals surface area (Å²) in [7, 11) is 1.39. The number of anilines is 2. The number of carbonyl (C=O) groups excluding carboxylic acids is 2. The van der Waals surface area contributed by atoms with E-state index in [2.05, 4.69) is 10.6 Å². The average Bonchev–Trinajstić information content (AvgIpc) is 2.63. The number of carbonyl (C=O) groups is 2. The van der Waals surface area contributed by atoms with E-state index >= 15 is 0 Å². The number of nitrogen functional groups attached to an aromatic ring is 1. The van der Waals surface area contributed by atoms with Gasteiger partial charge >= 0.3 is 0 Å². The standard InChI is InChI=1S/C10H13F2N3O2S/c1-4(16)8-7(13)6(9(17)14-2)10(18-8)15-3-5(11)12/h5,15H,3,13H2,1-2H3,(H,14,17). The second-order valence-corrected chi connectivity index (χ2v) is 4.48. The molecule has 0 saturated carbocycles. The molecule has 4 N–H and O–H groups in total. The van der Waals surface area contributed by atoms with Crippen LogP contribution in [0.4, 0.5) is 19.5 Å². The molecular formula is C10H13F2N3O2S. The fourth-order valence-electron chi connectivity index (χ4n) is 1.35. The molecule has 5 nitrogen and oxygen atoms in total. The lowest BCUT2D eigenvalue weighted by Gasteiger charge is -2.06. The minimum atomic E-state index is -2.56. The summed E-state index contributed by atoms with van der Waals surface area (Å²) in [5.74, 6) is -0.833. The Hall–Kier alpha value is -1.70. The third-order valence-electron chi connectivity index (χ3n) is 2.14. The molecule has 0 aromatic carbocycles. The monoisotopic (exact) mass is 277 g/mol. The van der Waals surface area contributed by atoms with Gasteiger partial charge in [-0.25, -0.2) is 8.78 Å². The first kappa shape index (κ1) is 14.4. The lowest BCUT2D eigenvalue weighted by atomic mass is 10.2. The Morgan fingerprint density at radius 2 is 2.06 bits per heavy atom. The van der Waals surface area contributed by atoms with Crippen LogP contribution in [-0.2, 0) is 0 Å². The van der Waals surface area contributed by atoms with Gasteiger partial charge in [-0.2, -0.15) is 0 Å². The number of halogens is 2. The molecule has 0 radical (unpaired) electrons. The van der Waals surface area contributed by atoms with Crippen LogP contribution in [0.25, 0.3) is 0 Å². The van der Waals surface area contributed by atoms with Crippen LogP contribution >= 0.6 is 11.3 Å². The quantitative estimate of drug-likeness (QED) is 0.713. The Bertz CT molecular complexity index is 474. The van der Waals surface area contributed by atoms with E-state index in [0.717, 1.165) is 11.3 Å². The summed E-state index contributed by atoms with van der Waals surface area (Å²) in [6, 6.07) is 0. The highest BCUT2D eigenvalue weighted by atomic mass is 32.1. The van der Waals surface area contributed by atoms with Gasteiger partial charge in [0.2, 0.25) is 0 Å². The topological polar surface area (TPSA) is 84.2 Å². The number of nitrogens with one attached hydrogen (secondary N) is 2. The van der Waals surface area contributed by atoms with E-state index in [4.69, 9.17) is 5.73 Å². The normalized spacial score (nSPS) is 10.5. The molecule has 0 aliphatic rings. The molecule has 0 spiro atoms. The molecule has 8 heteroatoms. The lowest BCUT2D eigenvalue weighted by molar-refractivity contribution is 0.0964. The number of amides is 1. The molecule has 0 fully saturated rings. The minimum absolute atomic E-state index is 0.0172.